The molecule has 1 atom stereocenters. The molecule has 0 bridgehead atoms. The third-order valence-corrected chi connectivity index (χ3v) is 7.57. The Morgan fingerprint density at radius 2 is 1.62 bits per heavy atom. The van der Waals surface area contributed by atoms with Gasteiger partial charge in [0, 0.05) is 23.7 Å². The van der Waals surface area contributed by atoms with Crippen molar-refractivity contribution in [3.63, 3.8) is 0 Å². The molecule has 0 aliphatic heterocycles. The number of aryl methyl sites for hydroxylation is 2. The van der Waals surface area contributed by atoms with E-state index in [1.165, 1.54) is 6.07 Å². The van der Waals surface area contributed by atoms with Crippen molar-refractivity contribution < 1.29 is 9.72 Å². The minimum Gasteiger partial charge on any atom is -0.324 e. The second kappa shape index (κ2) is 12.2. The van der Waals surface area contributed by atoms with Gasteiger partial charge in [-0.25, -0.2) is 4.98 Å². The van der Waals surface area contributed by atoms with Gasteiger partial charge in [0.15, 0.2) is 0 Å². The van der Waals surface area contributed by atoms with E-state index in [1.807, 2.05) is 73.7 Å². The van der Waals surface area contributed by atoms with Crippen LogP contribution in [-0.2, 0) is 13.0 Å². The summed E-state index contributed by atoms with van der Waals surface area (Å²) < 4.78 is 1.60. The molecule has 0 N–H and O–H groups in total. The highest BCUT2D eigenvalue weighted by molar-refractivity contribution is 5.95. The Kier molecular flexibility index (Phi) is 8.24. The highest BCUT2D eigenvalue weighted by Crippen LogP contribution is 2.30. The molecule has 42 heavy (non-hydrogen) atoms. The van der Waals surface area contributed by atoms with E-state index in [-0.39, 0.29) is 29.3 Å². The van der Waals surface area contributed by atoms with Crippen molar-refractivity contribution in [2.75, 3.05) is 0 Å². The normalized spacial score (nSPS) is 11.8. The molecule has 1 amide bonds. The van der Waals surface area contributed by atoms with Gasteiger partial charge in [-0.1, -0.05) is 74.5 Å². The van der Waals surface area contributed by atoms with Crippen molar-refractivity contribution in [1.29, 1.82) is 0 Å². The first-order chi connectivity index (χ1) is 20.3. The van der Waals surface area contributed by atoms with Gasteiger partial charge >= 0.3 is 0 Å². The number of aromatic nitrogens is 2. The van der Waals surface area contributed by atoms with E-state index in [0.717, 1.165) is 17.5 Å². The fourth-order valence-corrected chi connectivity index (χ4v) is 5.25. The number of fused-ring (bicyclic) bond motifs is 1. The number of nitro groups is 1. The zero-order valence-electron chi connectivity index (χ0n) is 23.9. The summed E-state index contributed by atoms with van der Waals surface area (Å²) in [5.74, 6) is 0.0421. The van der Waals surface area contributed by atoms with Crippen LogP contribution in [0.1, 0.15) is 59.2 Å². The number of hydrogen-bond acceptors (Lipinski definition) is 5. The molecule has 0 radical (unpaired) electrons. The van der Waals surface area contributed by atoms with Crippen molar-refractivity contribution in [3.05, 3.63) is 146 Å². The first kappa shape index (κ1) is 28.4. The predicted molar refractivity (Wildman–Crippen MR) is 164 cm³/mol. The molecule has 4 aromatic carbocycles. The highest BCUT2D eigenvalue weighted by atomic mass is 16.6. The maximum absolute atomic E-state index is 14.3. The molecule has 1 aromatic heterocycles. The van der Waals surface area contributed by atoms with Crippen LogP contribution in [0.4, 0.5) is 5.69 Å². The summed E-state index contributed by atoms with van der Waals surface area (Å²) in [7, 11) is 0. The summed E-state index contributed by atoms with van der Waals surface area (Å²) >= 11 is 0. The molecule has 0 aliphatic carbocycles. The van der Waals surface area contributed by atoms with E-state index in [4.69, 9.17) is 4.98 Å². The van der Waals surface area contributed by atoms with Gasteiger partial charge in [0.1, 0.15) is 5.82 Å². The number of carbonyl (C=O) groups is 1. The van der Waals surface area contributed by atoms with Crippen LogP contribution < -0.4 is 5.56 Å². The Morgan fingerprint density at radius 1 is 0.929 bits per heavy atom. The van der Waals surface area contributed by atoms with Crippen molar-refractivity contribution in [2.45, 2.75) is 46.2 Å². The zero-order valence-corrected chi connectivity index (χ0v) is 23.9. The lowest BCUT2D eigenvalue weighted by molar-refractivity contribution is -0.385. The van der Waals surface area contributed by atoms with Gasteiger partial charge in [-0.3, -0.25) is 24.3 Å². The Balaban J connectivity index is 1.73. The molecule has 8 heteroatoms. The quantitative estimate of drug-likeness (QED) is 0.143. The first-order valence-corrected chi connectivity index (χ1v) is 14.0. The van der Waals surface area contributed by atoms with Crippen molar-refractivity contribution in [2.24, 2.45) is 0 Å². The van der Waals surface area contributed by atoms with Crippen LogP contribution in [0, 0.1) is 17.0 Å². The minimum atomic E-state index is -0.624. The number of amides is 1. The molecule has 212 valence electrons. The Hall–Kier alpha value is -5.11. The maximum atomic E-state index is 14.3. The molecule has 0 spiro atoms. The van der Waals surface area contributed by atoms with Gasteiger partial charge in [-0.15, -0.1) is 0 Å². The molecule has 5 aromatic rings. The monoisotopic (exact) mass is 560 g/mol. The second-order valence-corrected chi connectivity index (χ2v) is 10.2. The third-order valence-electron chi connectivity index (χ3n) is 7.57. The average molecular weight is 561 g/mol. The minimum absolute atomic E-state index is 0.120. The molecule has 0 saturated heterocycles. The molecule has 5 rings (SSSR count). The fourth-order valence-electron chi connectivity index (χ4n) is 5.25. The van der Waals surface area contributed by atoms with E-state index >= 15 is 0 Å². The van der Waals surface area contributed by atoms with E-state index < -0.39 is 11.0 Å². The summed E-state index contributed by atoms with van der Waals surface area (Å²) in [5.41, 5.74) is 3.53. The van der Waals surface area contributed by atoms with E-state index in [9.17, 15) is 19.7 Å². The summed E-state index contributed by atoms with van der Waals surface area (Å²) in [5, 5.41) is 12.2. The largest absolute Gasteiger partial charge is 0.324 e. The SMILES string of the molecule is CCc1ccc(-n2c(C(CC)N(Cc3ccccc3)C(=O)c3ccc(C)c([N+](=O)[O-])c3)nc3ccccc3c2=O)cc1. The van der Waals surface area contributed by atoms with Crippen LogP contribution in [0.15, 0.2) is 102 Å². The smallest absolute Gasteiger partial charge is 0.273 e. The van der Waals surface area contributed by atoms with Gasteiger partial charge in [-0.05, 0) is 61.2 Å². The summed E-state index contributed by atoms with van der Waals surface area (Å²) in [6.07, 6.45) is 1.31. The number of nitro benzene ring substituents is 1. The molecule has 1 heterocycles. The molecule has 0 saturated carbocycles. The van der Waals surface area contributed by atoms with E-state index in [0.29, 0.717) is 34.4 Å². The topological polar surface area (TPSA) is 98.3 Å². The first-order valence-electron chi connectivity index (χ1n) is 14.0. The number of hydrogen-bond donors (Lipinski definition) is 0. The standard InChI is InChI=1S/C34H32N4O4/c1-4-24-16-19-27(20-17-24)37-32(35-29-14-10-9-13-28(29)34(37)40)30(5-2)36(22-25-11-7-6-8-12-25)33(39)26-18-15-23(3)31(21-26)38(41)42/h6-21,30H,4-5,22H2,1-3H3. The Morgan fingerprint density at radius 3 is 2.29 bits per heavy atom. The molecule has 1 unspecified atom stereocenters. The molecule has 0 fully saturated rings. The lowest BCUT2D eigenvalue weighted by Gasteiger charge is -2.32. The van der Waals surface area contributed by atoms with Crippen LogP contribution in [0.3, 0.4) is 0 Å². The van der Waals surface area contributed by atoms with Crippen LogP contribution >= 0.6 is 0 Å². The van der Waals surface area contributed by atoms with Gasteiger partial charge in [0.25, 0.3) is 17.2 Å². The van der Waals surface area contributed by atoms with E-state index in [2.05, 4.69) is 6.92 Å². The third kappa shape index (κ3) is 5.56. The van der Waals surface area contributed by atoms with Crippen molar-refractivity contribution >= 4 is 22.5 Å². The molecular weight excluding hydrogens is 528 g/mol. The van der Waals surface area contributed by atoms with Gasteiger partial charge < -0.3 is 4.90 Å². The summed E-state index contributed by atoms with van der Waals surface area (Å²) in [6, 6.07) is 28.4. The van der Waals surface area contributed by atoms with Crippen LogP contribution in [-0.4, -0.2) is 25.3 Å². The Bertz CT molecular complexity index is 1810. The van der Waals surface area contributed by atoms with Crippen molar-refractivity contribution in [1.82, 2.24) is 14.5 Å². The average Bonchev–Trinajstić information content (AvgIpc) is 3.01. The fraction of sp³-hybridized carbons (Fsp3) is 0.206. The lowest BCUT2D eigenvalue weighted by Crippen LogP contribution is -2.38. The molecular formula is C34H32N4O4. The van der Waals surface area contributed by atoms with Crippen LogP contribution in [0.2, 0.25) is 0 Å². The van der Waals surface area contributed by atoms with Crippen LogP contribution in [0.5, 0.6) is 0 Å². The number of nitrogens with zero attached hydrogens (tertiary/aromatic N) is 4. The number of benzene rings is 4. The predicted octanol–water partition coefficient (Wildman–Crippen LogP) is 6.96. The second-order valence-electron chi connectivity index (χ2n) is 10.2. The number of carbonyl (C=O) groups excluding carboxylic acids is 1. The van der Waals surface area contributed by atoms with Crippen molar-refractivity contribution in [3.8, 4) is 5.69 Å². The summed E-state index contributed by atoms with van der Waals surface area (Å²) in [6.45, 7) is 5.88. The maximum Gasteiger partial charge on any atom is 0.273 e. The number of para-hydroxylation sites is 1. The van der Waals surface area contributed by atoms with Gasteiger partial charge in [0.2, 0.25) is 0 Å². The zero-order chi connectivity index (χ0) is 29.8. The highest BCUT2D eigenvalue weighted by Gasteiger charge is 2.31. The molecule has 8 nitrogen and oxygen atoms in total. The van der Waals surface area contributed by atoms with Gasteiger partial charge in [0.05, 0.1) is 27.6 Å². The lowest BCUT2D eigenvalue weighted by atomic mass is 10.0. The van der Waals surface area contributed by atoms with Gasteiger partial charge in [-0.2, -0.15) is 0 Å². The summed E-state index contributed by atoms with van der Waals surface area (Å²) in [4.78, 5) is 46.2. The van der Waals surface area contributed by atoms with E-state index in [1.54, 1.807) is 40.7 Å². The van der Waals surface area contributed by atoms with Crippen LogP contribution in [0.25, 0.3) is 16.6 Å². The number of rotatable bonds is 9. The molecule has 0 aliphatic rings. The Labute approximate surface area is 244 Å².